The fourth-order valence-electron chi connectivity index (χ4n) is 2.54. The van der Waals surface area contributed by atoms with Crippen LogP contribution in [0.2, 0.25) is 0 Å². The van der Waals surface area contributed by atoms with Crippen LogP contribution < -0.4 is 9.47 Å². The number of amides is 1. The molecule has 0 bridgehead atoms. The third kappa shape index (κ3) is 3.50. The molecular weight excluding hydrogens is 358 g/mol. The maximum atomic E-state index is 12.7. The summed E-state index contributed by atoms with van der Waals surface area (Å²) in [7, 11) is 0. The molecule has 3 rings (SSSR count). The van der Waals surface area contributed by atoms with Gasteiger partial charge in [-0.05, 0) is 52.7 Å². The van der Waals surface area contributed by atoms with Gasteiger partial charge in [-0.15, -0.1) is 0 Å². The van der Waals surface area contributed by atoms with Gasteiger partial charge in [0.2, 0.25) is 0 Å². The zero-order valence-electron chi connectivity index (χ0n) is 12.9. The van der Waals surface area contributed by atoms with Gasteiger partial charge >= 0.3 is 0 Å². The molecule has 0 aromatic heterocycles. The summed E-state index contributed by atoms with van der Waals surface area (Å²) in [6.45, 7) is 4.28. The van der Waals surface area contributed by atoms with Crippen molar-refractivity contribution in [3.8, 4) is 11.5 Å². The Hall–Kier alpha value is -2.01. The molecule has 120 valence electrons. The van der Waals surface area contributed by atoms with Crippen molar-refractivity contribution in [3.05, 3.63) is 58.1 Å². The van der Waals surface area contributed by atoms with E-state index in [1.54, 1.807) is 0 Å². The minimum atomic E-state index is 0.00913. The molecule has 1 aliphatic rings. The van der Waals surface area contributed by atoms with E-state index in [-0.39, 0.29) is 5.91 Å². The second-order valence-corrected chi connectivity index (χ2v) is 6.13. The van der Waals surface area contributed by atoms with Crippen molar-refractivity contribution in [2.24, 2.45) is 0 Å². The van der Waals surface area contributed by atoms with Crippen molar-refractivity contribution in [2.75, 3.05) is 19.8 Å². The number of halogens is 1. The average Bonchev–Trinajstić information content (AvgIpc) is 2.59. The normalized spacial score (nSPS) is 12.8. The van der Waals surface area contributed by atoms with E-state index in [0.717, 1.165) is 21.5 Å². The molecule has 1 amide bonds. The third-order valence-electron chi connectivity index (χ3n) is 3.75. The molecule has 0 saturated heterocycles. The number of carbonyl (C=O) groups is 1. The summed E-state index contributed by atoms with van der Waals surface area (Å²) in [5.41, 5.74) is 1.70. The highest BCUT2D eigenvalue weighted by atomic mass is 79.9. The van der Waals surface area contributed by atoms with Crippen LogP contribution in [-0.4, -0.2) is 30.6 Å². The van der Waals surface area contributed by atoms with Crippen LogP contribution in [0.15, 0.2) is 46.9 Å². The molecule has 23 heavy (non-hydrogen) atoms. The van der Waals surface area contributed by atoms with Crippen molar-refractivity contribution in [1.29, 1.82) is 0 Å². The number of nitrogens with zero attached hydrogens (tertiary/aromatic N) is 1. The fourth-order valence-corrected chi connectivity index (χ4v) is 2.99. The zero-order chi connectivity index (χ0) is 16.2. The van der Waals surface area contributed by atoms with Crippen LogP contribution in [0.3, 0.4) is 0 Å². The van der Waals surface area contributed by atoms with E-state index in [0.29, 0.717) is 31.9 Å². The van der Waals surface area contributed by atoms with Crippen molar-refractivity contribution < 1.29 is 14.3 Å². The molecule has 5 heteroatoms. The van der Waals surface area contributed by atoms with E-state index in [2.05, 4.69) is 15.9 Å². The number of rotatable bonds is 4. The molecule has 0 N–H and O–H groups in total. The van der Waals surface area contributed by atoms with Crippen LogP contribution in [0.1, 0.15) is 22.8 Å². The molecule has 1 aliphatic heterocycles. The predicted molar refractivity (Wildman–Crippen MR) is 92.0 cm³/mol. The number of carbonyl (C=O) groups excluding carboxylic acids is 1. The Bertz CT molecular complexity index is 717. The maximum Gasteiger partial charge on any atom is 0.255 e. The quantitative estimate of drug-likeness (QED) is 0.813. The molecule has 0 aliphatic carbocycles. The Morgan fingerprint density at radius 3 is 2.61 bits per heavy atom. The second kappa shape index (κ2) is 7.04. The monoisotopic (exact) mass is 375 g/mol. The average molecular weight is 376 g/mol. The van der Waals surface area contributed by atoms with E-state index in [1.807, 2.05) is 54.3 Å². The maximum absolute atomic E-state index is 12.7. The van der Waals surface area contributed by atoms with Crippen molar-refractivity contribution >= 4 is 21.8 Å². The van der Waals surface area contributed by atoms with Gasteiger partial charge in [0, 0.05) is 17.6 Å². The lowest BCUT2D eigenvalue weighted by atomic mass is 10.1. The first-order valence-electron chi connectivity index (χ1n) is 7.61. The van der Waals surface area contributed by atoms with Gasteiger partial charge in [0.25, 0.3) is 5.91 Å². The molecule has 0 unspecified atom stereocenters. The number of hydrogen-bond donors (Lipinski definition) is 0. The van der Waals surface area contributed by atoms with Crippen molar-refractivity contribution in [2.45, 2.75) is 13.5 Å². The van der Waals surface area contributed by atoms with Crippen LogP contribution in [0.4, 0.5) is 0 Å². The first-order chi connectivity index (χ1) is 11.2. The highest BCUT2D eigenvalue weighted by Gasteiger charge is 2.18. The number of hydrogen-bond acceptors (Lipinski definition) is 3. The standard InChI is InChI=1S/C18H18BrNO3/c1-2-20(18(21)14-5-3-4-6-15(14)19)12-13-7-8-16-17(11-13)23-10-9-22-16/h3-8,11H,2,9-10,12H2,1H3. The van der Waals surface area contributed by atoms with Gasteiger partial charge in [-0.2, -0.15) is 0 Å². The summed E-state index contributed by atoms with van der Waals surface area (Å²) in [4.78, 5) is 14.5. The fraction of sp³-hybridized carbons (Fsp3) is 0.278. The molecule has 2 aromatic rings. The molecular formula is C18H18BrNO3. The summed E-state index contributed by atoms with van der Waals surface area (Å²) < 4.78 is 11.9. The number of benzene rings is 2. The lowest BCUT2D eigenvalue weighted by Crippen LogP contribution is -2.30. The van der Waals surface area contributed by atoms with Crippen LogP contribution in [0.25, 0.3) is 0 Å². The summed E-state index contributed by atoms with van der Waals surface area (Å²) in [6, 6.07) is 13.3. The summed E-state index contributed by atoms with van der Waals surface area (Å²) >= 11 is 3.45. The van der Waals surface area contributed by atoms with Gasteiger partial charge in [0.1, 0.15) is 13.2 Å². The van der Waals surface area contributed by atoms with E-state index >= 15 is 0 Å². The molecule has 1 heterocycles. The molecule has 4 nitrogen and oxygen atoms in total. The highest BCUT2D eigenvalue weighted by Crippen LogP contribution is 2.31. The lowest BCUT2D eigenvalue weighted by molar-refractivity contribution is 0.0751. The third-order valence-corrected chi connectivity index (χ3v) is 4.44. The van der Waals surface area contributed by atoms with E-state index in [1.165, 1.54) is 0 Å². The van der Waals surface area contributed by atoms with E-state index in [9.17, 15) is 4.79 Å². The molecule has 0 atom stereocenters. The minimum Gasteiger partial charge on any atom is -0.486 e. The van der Waals surface area contributed by atoms with Gasteiger partial charge < -0.3 is 14.4 Å². The first-order valence-corrected chi connectivity index (χ1v) is 8.40. The van der Waals surface area contributed by atoms with Crippen molar-refractivity contribution in [1.82, 2.24) is 4.90 Å². The van der Waals surface area contributed by atoms with Gasteiger partial charge in [0.05, 0.1) is 5.56 Å². The van der Waals surface area contributed by atoms with E-state index in [4.69, 9.17) is 9.47 Å². The summed E-state index contributed by atoms with van der Waals surface area (Å²) in [6.07, 6.45) is 0. The van der Waals surface area contributed by atoms with Crippen LogP contribution in [0.5, 0.6) is 11.5 Å². The lowest BCUT2D eigenvalue weighted by Gasteiger charge is -2.23. The Morgan fingerprint density at radius 1 is 1.13 bits per heavy atom. The first kappa shape index (κ1) is 15.9. The smallest absolute Gasteiger partial charge is 0.255 e. The zero-order valence-corrected chi connectivity index (χ0v) is 14.5. The van der Waals surface area contributed by atoms with Crippen LogP contribution in [0, 0.1) is 0 Å². The Kier molecular flexibility index (Phi) is 4.86. The number of fused-ring (bicyclic) bond motifs is 1. The van der Waals surface area contributed by atoms with E-state index < -0.39 is 0 Å². The topological polar surface area (TPSA) is 38.8 Å². The largest absolute Gasteiger partial charge is 0.486 e. The van der Waals surface area contributed by atoms with Crippen LogP contribution >= 0.6 is 15.9 Å². The van der Waals surface area contributed by atoms with Gasteiger partial charge in [-0.1, -0.05) is 18.2 Å². The van der Waals surface area contributed by atoms with Gasteiger partial charge in [-0.3, -0.25) is 4.79 Å². The van der Waals surface area contributed by atoms with Gasteiger partial charge in [0.15, 0.2) is 11.5 Å². The molecule has 0 radical (unpaired) electrons. The highest BCUT2D eigenvalue weighted by molar-refractivity contribution is 9.10. The van der Waals surface area contributed by atoms with Crippen molar-refractivity contribution in [3.63, 3.8) is 0 Å². The Morgan fingerprint density at radius 2 is 1.87 bits per heavy atom. The second-order valence-electron chi connectivity index (χ2n) is 5.28. The minimum absolute atomic E-state index is 0.00913. The molecule has 0 fully saturated rings. The SMILES string of the molecule is CCN(Cc1ccc2c(c1)OCCO2)C(=O)c1ccccc1Br. The number of ether oxygens (including phenoxy) is 2. The Labute approximate surface area is 144 Å². The predicted octanol–water partition coefficient (Wildman–Crippen LogP) is 3.88. The van der Waals surface area contributed by atoms with Crippen LogP contribution in [-0.2, 0) is 6.54 Å². The van der Waals surface area contributed by atoms with Gasteiger partial charge in [-0.25, -0.2) is 0 Å². The summed E-state index contributed by atoms with van der Waals surface area (Å²) in [5, 5.41) is 0. The molecule has 0 saturated carbocycles. The molecule has 0 spiro atoms. The molecule has 2 aromatic carbocycles. The summed E-state index contributed by atoms with van der Waals surface area (Å²) in [5.74, 6) is 1.52. The Balaban J connectivity index is 1.79.